The van der Waals surface area contributed by atoms with Crippen LogP contribution in [-0.2, 0) is 49.5 Å². The molecule has 4 aromatic rings. The van der Waals surface area contributed by atoms with Crippen LogP contribution >= 0.6 is 0 Å². The number of ketones is 1. The number of rotatable bonds is 19. The van der Waals surface area contributed by atoms with Crippen molar-refractivity contribution in [1.29, 1.82) is 0 Å². The van der Waals surface area contributed by atoms with Crippen LogP contribution in [0.25, 0.3) is 0 Å². The van der Waals surface area contributed by atoms with Gasteiger partial charge in [-0.2, -0.15) is 0 Å². The Bertz CT molecular complexity index is 1780. The van der Waals surface area contributed by atoms with Gasteiger partial charge in [0.2, 0.25) is 11.8 Å². The molecule has 2 N–H and O–H groups in total. The van der Waals surface area contributed by atoms with Crippen molar-refractivity contribution in [1.82, 2.24) is 10.2 Å². The number of aliphatic hydroxyl groups is 1. The maximum atomic E-state index is 14.1. The Kier molecular flexibility index (Phi) is 13.4. The fourth-order valence-electron chi connectivity index (χ4n) is 7.60. The second-order valence-corrected chi connectivity index (χ2v) is 14.1. The lowest BCUT2D eigenvalue weighted by atomic mass is 9.92. The Morgan fingerprint density at radius 2 is 1.47 bits per heavy atom. The topological polar surface area (TPSA) is 114 Å². The lowest BCUT2D eigenvalue weighted by Gasteiger charge is -2.26. The van der Waals surface area contributed by atoms with Crippen LogP contribution in [0.3, 0.4) is 0 Å². The number of carbonyl (C=O) groups excluding carboxylic acids is 3. The second-order valence-electron chi connectivity index (χ2n) is 14.1. The molecule has 5 atom stereocenters. The van der Waals surface area contributed by atoms with Crippen molar-refractivity contribution < 1.29 is 33.7 Å². The molecule has 0 radical (unpaired) electrons. The van der Waals surface area contributed by atoms with Gasteiger partial charge in [0.25, 0.3) is 0 Å². The first kappa shape index (κ1) is 37.9. The van der Waals surface area contributed by atoms with Crippen molar-refractivity contribution in [2.24, 2.45) is 11.8 Å². The summed E-state index contributed by atoms with van der Waals surface area (Å²) in [6.07, 6.45) is 1.89. The molecule has 1 unspecified atom stereocenters. The van der Waals surface area contributed by atoms with Gasteiger partial charge >= 0.3 is 0 Å². The number of hydrogen-bond acceptors (Lipinski definition) is 7. The Morgan fingerprint density at radius 3 is 2.19 bits per heavy atom. The summed E-state index contributed by atoms with van der Waals surface area (Å²) in [6, 6.07) is 34.6. The van der Waals surface area contributed by atoms with Crippen LogP contribution in [0.15, 0.2) is 109 Å². The average molecular weight is 719 g/mol. The monoisotopic (exact) mass is 718 g/mol. The molecule has 1 aliphatic heterocycles. The summed E-state index contributed by atoms with van der Waals surface area (Å²) in [5.41, 5.74) is 4.97. The largest absolute Gasteiger partial charge is 0.491 e. The number of benzene rings is 4. The molecule has 1 saturated heterocycles. The van der Waals surface area contributed by atoms with E-state index in [-0.39, 0.29) is 42.5 Å². The molecule has 2 aliphatic rings. The number of fused-ring (bicyclic) bond motifs is 1. The van der Waals surface area contributed by atoms with E-state index in [9.17, 15) is 19.5 Å². The number of likely N-dealkylation sites (tertiary alicyclic amines) is 1. The molecule has 1 aliphatic carbocycles. The van der Waals surface area contributed by atoms with Gasteiger partial charge in [-0.3, -0.25) is 14.4 Å². The minimum Gasteiger partial charge on any atom is -0.491 e. The Morgan fingerprint density at radius 1 is 0.811 bits per heavy atom. The molecule has 278 valence electrons. The Labute approximate surface area is 312 Å². The van der Waals surface area contributed by atoms with E-state index < -0.39 is 18.1 Å². The summed E-state index contributed by atoms with van der Waals surface area (Å²) in [6.45, 7) is 1.79. The quantitative estimate of drug-likeness (QED) is 0.126. The molecule has 2 amide bonds. The highest BCUT2D eigenvalue weighted by molar-refractivity contribution is 5.92. The summed E-state index contributed by atoms with van der Waals surface area (Å²) in [5.74, 6) is -0.752. The summed E-state index contributed by atoms with van der Waals surface area (Å²) >= 11 is 0. The predicted octanol–water partition coefficient (Wildman–Crippen LogP) is 5.32. The molecule has 9 heteroatoms. The van der Waals surface area contributed by atoms with Crippen LogP contribution in [0.2, 0.25) is 0 Å². The van der Waals surface area contributed by atoms with Gasteiger partial charge in [-0.05, 0) is 65.6 Å². The van der Waals surface area contributed by atoms with Crippen molar-refractivity contribution in [2.45, 2.75) is 56.7 Å². The number of nitrogens with zero attached hydrogens (tertiary/aromatic N) is 1. The maximum absolute atomic E-state index is 14.1. The van der Waals surface area contributed by atoms with Gasteiger partial charge in [0, 0.05) is 37.8 Å². The van der Waals surface area contributed by atoms with Crippen LogP contribution in [0.5, 0.6) is 5.75 Å². The minimum atomic E-state index is -0.759. The van der Waals surface area contributed by atoms with Gasteiger partial charge in [-0.1, -0.05) is 97.1 Å². The van der Waals surface area contributed by atoms with Crippen molar-refractivity contribution in [3.63, 3.8) is 0 Å². The highest BCUT2D eigenvalue weighted by Crippen LogP contribution is 2.33. The highest BCUT2D eigenvalue weighted by atomic mass is 16.5. The number of ether oxygens (including phenoxy) is 3. The normalized spacial score (nSPS) is 19.9. The number of methoxy groups -OCH3 is 1. The molecule has 4 aromatic carbocycles. The van der Waals surface area contributed by atoms with Gasteiger partial charge in [0.05, 0.1) is 38.5 Å². The van der Waals surface area contributed by atoms with Crippen LogP contribution in [-0.4, -0.2) is 79.8 Å². The molecule has 0 spiro atoms. The second kappa shape index (κ2) is 18.8. The van der Waals surface area contributed by atoms with Crippen molar-refractivity contribution in [3.05, 3.63) is 137 Å². The first-order chi connectivity index (χ1) is 25.9. The van der Waals surface area contributed by atoms with Crippen LogP contribution in [0, 0.1) is 11.8 Å². The smallest absolute Gasteiger partial charge is 0.226 e. The fourth-order valence-corrected chi connectivity index (χ4v) is 7.60. The number of nitrogens with one attached hydrogen (secondary N) is 1. The third kappa shape index (κ3) is 10.4. The molecule has 9 nitrogen and oxygen atoms in total. The van der Waals surface area contributed by atoms with E-state index in [0.717, 1.165) is 27.8 Å². The number of Topliss-reactive ketones (excluding diaryl/α,β-unsaturated/α-hetero) is 1. The molecule has 0 bridgehead atoms. The van der Waals surface area contributed by atoms with Gasteiger partial charge < -0.3 is 29.5 Å². The van der Waals surface area contributed by atoms with E-state index in [0.29, 0.717) is 64.3 Å². The Hall–Kier alpha value is -4.83. The molecule has 1 fully saturated rings. The Balaban J connectivity index is 1.16. The molecule has 0 aromatic heterocycles. The van der Waals surface area contributed by atoms with Gasteiger partial charge in [0.1, 0.15) is 12.4 Å². The zero-order valence-corrected chi connectivity index (χ0v) is 30.4. The fraction of sp³-hybridized carbons (Fsp3) is 0.386. The van der Waals surface area contributed by atoms with Crippen molar-refractivity contribution in [3.8, 4) is 5.75 Å². The predicted molar refractivity (Wildman–Crippen MR) is 202 cm³/mol. The first-order valence-electron chi connectivity index (χ1n) is 18.6. The van der Waals surface area contributed by atoms with E-state index in [2.05, 4.69) is 17.4 Å². The van der Waals surface area contributed by atoms with Crippen LogP contribution in [0.1, 0.15) is 46.7 Å². The standard InChI is InChI=1S/C44H50N2O7/c1-51-20-21-52-22-23-53-39-18-16-33(17-19-39)24-35(43(49)45-42-40-15-9-8-14-34(40)29-41(42)48)28-38(47)30-46-37(26-32-12-6-3-7-13-32)27-36(44(46)50)25-31-10-4-2-5-11-31/h2-19,35-37,41-42,48H,20-30H2,1H3,(H,45,49)/t35-,36+,37+,41-,42?/m1/s1. The number of amides is 2. The van der Waals surface area contributed by atoms with Gasteiger partial charge in [0.15, 0.2) is 5.78 Å². The zero-order valence-electron chi connectivity index (χ0n) is 30.4. The van der Waals surface area contributed by atoms with E-state index in [4.69, 9.17) is 14.2 Å². The first-order valence-corrected chi connectivity index (χ1v) is 18.6. The minimum absolute atomic E-state index is 0.0190. The molecular formula is C44H50N2O7. The third-order valence-electron chi connectivity index (χ3n) is 10.3. The lowest BCUT2D eigenvalue weighted by Crippen LogP contribution is -2.42. The van der Waals surface area contributed by atoms with Gasteiger partial charge in [-0.25, -0.2) is 0 Å². The summed E-state index contributed by atoms with van der Waals surface area (Å²) in [5, 5.41) is 14.0. The third-order valence-corrected chi connectivity index (χ3v) is 10.3. The SMILES string of the molecule is COCCOCCOc1ccc(C[C@H](CC(=O)CN2C(=O)[C@@H](Cc3ccccc3)C[C@@H]2Cc2ccccc2)C(=O)NC2c3ccccc3C[C@H]2O)cc1. The van der Waals surface area contributed by atoms with Gasteiger partial charge in [-0.15, -0.1) is 0 Å². The van der Waals surface area contributed by atoms with Crippen LogP contribution < -0.4 is 10.1 Å². The van der Waals surface area contributed by atoms with Crippen LogP contribution in [0.4, 0.5) is 0 Å². The lowest BCUT2D eigenvalue weighted by molar-refractivity contribution is -0.137. The highest BCUT2D eigenvalue weighted by Gasteiger charge is 2.41. The molecule has 53 heavy (non-hydrogen) atoms. The number of aliphatic hydroxyl groups excluding tert-OH is 1. The molecule has 0 saturated carbocycles. The summed E-state index contributed by atoms with van der Waals surface area (Å²) in [7, 11) is 1.63. The molecule has 6 rings (SSSR count). The van der Waals surface area contributed by atoms with E-state index >= 15 is 0 Å². The summed E-state index contributed by atoms with van der Waals surface area (Å²) < 4.78 is 16.3. The summed E-state index contributed by atoms with van der Waals surface area (Å²) in [4.78, 5) is 43.8. The molecular weight excluding hydrogens is 668 g/mol. The zero-order chi connectivity index (χ0) is 37.0. The van der Waals surface area contributed by atoms with Crippen molar-refractivity contribution in [2.75, 3.05) is 40.1 Å². The number of carbonyl (C=O) groups is 3. The number of hydrogen-bond donors (Lipinski definition) is 2. The van der Waals surface area contributed by atoms with E-state index in [1.807, 2.05) is 97.1 Å². The van der Waals surface area contributed by atoms with E-state index in [1.165, 1.54) is 0 Å². The molecule has 1 heterocycles. The van der Waals surface area contributed by atoms with Crippen molar-refractivity contribution >= 4 is 17.6 Å². The average Bonchev–Trinajstić information content (AvgIpc) is 3.64. The van der Waals surface area contributed by atoms with E-state index in [1.54, 1.807) is 12.0 Å². The maximum Gasteiger partial charge on any atom is 0.226 e.